The highest BCUT2D eigenvalue weighted by atomic mass is 16.3. The predicted octanol–water partition coefficient (Wildman–Crippen LogP) is 3.73. The fraction of sp³-hybridized carbons (Fsp3) is 0.333. The van der Waals surface area contributed by atoms with Gasteiger partial charge < -0.3 is 10.4 Å². The molecular formula is C18H21NO. The fourth-order valence-electron chi connectivity index (χ4n) is 2.86. The molecule has 0 saturated carbocycles. The monoisotopic (exact) mass is 267 g/mol. The number of hydrogen-bond donors (Lipinski definition) is 2. The van der Waals surface area contributed by atoms with Gasteiger partial charge in [-0.05, 0) is 60.6 Å². The number of fused-ring (bicyclic) bond motifs is 1. The molecule has 0 fully saturated rings. The summed E-state index contributed by atoms with van der Waals surface area (Å²) in [6, 6.07) is 14.6. The van der Waals surface area contributed by atoms with Crippen LogP contribution in [0.25, 0.3) is 0 Å². The molecule has 1 atom stereocenters. The molecule has 2 aromatic rings. The number of aromatic hydroxyl groups is 1. The minimum atomic E-state index is 0.320. The molecule has 1 unspecified atom stereocenters. The molecule has 2 nitrogen and oxygen atoms in total. The largest absolute Gasteiger partial charge is 0.508 e. The highest BCUT2D eigenvalue weighted by Crippen LogP contribution is 2.25. The smallest absolute Gasteiger partial charge is 0.115 e. The van der Waals surface area contributed by atoms with Crippen molar-refractivity contribution in [3.63, 3.8) is 0 Å². The number of phenolic OH excluding ortho intramolecular Hbond substituents is 1. The van der Waals surface area contributed by atoms with Gasteiger partial charge in [-0.2, -0.15) is 0 Å². The predicted molar refractivity (Wildman–Crippen MR) is 81.8 cm³/mol. The van der Waals surface area contributed by atoms with Crippen molar-refractivity contribution in [3.8, 4) is 5.75 Å². The van der Waals surface area contributed by atoms with Gasteiger partial charge in [-0.15, -0.1) is 0 Å². The minimum Gasteiger partial charge on any atom is -0.508 e. The quantitative estimate of drug-likeness (QED) is 0.884. The molecule has 104 valence electrons. The van der Waals surface area contributed by atoms with Crippen LogP contribution >= 0.6 is 0 Å². The third kappa shape index (κ3) is 2.86. The summed E-state index contributed by atoms with van der Waals surface area (Å²) in [6.45, 7) is 3.02. The van der Waals surface area contributed by atoms with E-state index in [9.17, 15) is 5.11 Å². The standard InChI is InChI=1S/C18H21NO/c1-13(19-12-14-5-9-18(20)10-6-14)16-8-7-15-3-2-4-17(15)11-16/h5-11,13,19-20H,2-4,12H2,1H3. The molecule has 20 heavy (non-hydrogen) atoms. The summed E-state index contributed by atoms with van der Waals surface area (Å²) in [4.78, 5) is 0. The molecule has 0 heterocycles. The van der Waals surface area contributed by atoms with Gasteiger partial charge in [0.2, 0.25) is 0 Å². The van der Waals surface area contributed by atoms with Crippen LogP contribution in [0.1, 0.15) is 41.6 Å². The Kier molecular flexibility index (Phi) is 3.75. The first-order chi connectivity index (χ1) is 9.72. The molecule has 0 saturated heterocycles. The first-order valence-electron chi connectivity index (χ1n) is 7.35. The summed E-state index contributed by atoms with van der Waals surface area (Å²) in [7, 11) is 0. The molecular weight excluding hydrogens is 246 g/mol. The van der Waals surface area contributed by atoms with Crippen LogP contribution in [0.3, 0.4) is 0 Å². The van der Waals surface area contributed by atoms with E-state index in [1.807, 2.05) is 12.1 Å². The lowest BCUT2D eigenvalue weighted by molar-refractivity contribution is 0.474. The average Bonchev–Trinajstić information content (AvgIpc) is 2.93. The number of phenols is 1. The van der Waals surface area contributed by atoms with Gasteiger partial charge in [0.1, 0.15) is 5.75 Å². The van der Waals surface area contributed by atoms with Crippen LogP contribution in [0.2, 0.25) is 0 Å². The zero-order valence-electron chi connectivity index (χ0n) is 11.9. The Morgan fingerprint density at radius 2 is 1.80 bits per heavy atom. The summed E-state index contributed by atoms with van der Waals surface area (Å²) >= 11 is 0. The van der Waals surface area contributed by atoms with Crippen LogP contribution in [-0.2, 0) is 19.4 Å². The van der Waals surface area contributed by atoms with Gasteiger partial charge in [-0.25, -0.2) is 0 Å². The maximum Gasteiger partial charge on any atom is 0.115 e. The van der Waals surface area contributed by atoms with Gasteiger partial charge in [0.25, 0.3) is 0 Å². The second-order valence-corrected chi connectivity index (χ2v) is 5.65. The Labute approximate surface area is 120 Å². The van der Waals surface area contributed by atoms with Crippen molar-refractivity contribution in [1.82, 2.24) is 5.32 Å². The topological polar surface area (TPSA) is 32.3 Å². The third-order valence-corrected chi connectivity index (χ3v) is 4.17. The fourth-order valence-corrected chi connectivity index (χ4v) is 2.86. The number of aryl methyl sites for hydroxylation is 2. The summed E-state index contributed by atoms with van der Waals surface area (Å²) in [5, 5.41) is 12.8. The molecule has 0 bridgehead atoms. The van der Waals surface area contributed by atoms with Gasteiger partial charge >= 0.3 is 0 Å². The number of benzene rings is 2. The van der Waals surface area contributed by atoms with Crippen molar-refractivity contribution in [3.05, 3.63) is 64.7 Å². The van der Waals surface area contributed by atoms with Crippen LogP contribution in [-0.4, -0.2) is 5.11 Å². The first kappa shape index (κ1) is 13.2. The average molecular weight is 267 g/mol. The number of hydrogen-bond acceptors (Lipinski definition) is 2. The zero-order chi connectivity index (χ0) is 13.9. The maximum absolute atomic E-state index is 9.28. The van der Waals surface area contributed by atoms with E-state index in [-0.39, 0.29) is 0 Å². The highest BCUT2D eigenvalue weighted by molar-refractivity contribution is 5.36. The van der Waals surface area contributed by atoms with E-state index in [0.717, 1.165) is 6.54 Å². The van der Waals surface area contributed by atoms with E-state index in [2.05, 4.69) is 30.4 Å². The van der Waals surface area contributed by atoms with Crippen molar-refractivity contribution >= 4 is 0 Å². The second kappa shape index (κ2) is 5.68. The van der Waals surface area contributed by atoms with E-state index in [1.54, 1.807) is 12.1 Å². The van der Waals surface area contributed by atoms with Gasteiger partial charge in [-0.1, -0.05) is 30.3 Å². The van der Waals surface area contributed by atoms with Crippen LogP contribution in [0, 0.1) is 0 Å². The van der Waals surface area contributed by atoms with Crippen molar-refractivity contribution in [2.24, 2.45) is 0 Å². The van der Waals surface area contributed by atoms with Crippen molar-refractivity contribution in [1.29, 1.82) is 0 Å². The Hall–Kier alpha value is -1.80. The molecule has 0 aromatic heterocycles. The molecule has 0 aliphatic heterocycles. The molecule has 2 N–H and O–H groups in total. The SMILES string of the molecule is CC(NCc1ccc(O)cc1)c1ccc2c(c1)CCC2. The van der Waals surface area contributed by atoms with E-state index >= 15 is 0 Å². The normalized spacial score (nSPS) is 15.1. The Morgan fingerprint density at radius 1 is 1.05 bits per heavy atom. The van der Waals surface area contributed by atoms with Gasteiger partial charge in [0.05, 0.1) is 0 Å². The van der Waals surface area contributed by atoms with Crippen molar-refractivity contribution in [2.45, 2.75) is 38.8 Å². The molecule has 3 rings (SSSR count). The summed E-state index contributed by atoms with van der Waals surface area (Å²) in [6.07, 6.45) is 3.77. The van der Waals surface area contributed by atoms with E-state index in [4.69, 9.17) is 0 Å². The minimum absolute atomic E-state index is 0.320. The lowest BCUT2D eigenvalue weighted by Crippen LogP contribution is -2.18. The molecule has 0 amide bonds. The molecule has 0 radical (unpaired) electrons. The number of nitrogens with one attached hydrogen (secondary N) is 1. The number of rotatable bonds is 4. The van der Waals surface area contributed by atoms with E-state index in [0.29, 0.717) is 11.8 Å². The van der Waals surface area contributed by atoms with Crippen LogP contribution in [0.15, 0.2) is 42.5 Å². The maximum atomic E-state index is 9.28. The van der Waals surface area contributed by atoms with Crippen molar-refractivity contribution < 1.29 is 5.11 Å². The summed E-state index contributed by atoms with van der Waals surface area (Å²) in [5.74, 6) is 0.320. The zero-order valence-corrected chi connectivity index (χ0v) is 11.9. The van der Waals surface area contributed by atoms with Gasteiger partial charge in [-0.3, -0.25) is 0 Å². The van der Waals surface area contributed by atoms with Gasteiger partial charge in [0.15, 0.2) is 0 Å². The Balaban J connectivity index is 1.64. The van der Waals surface area contributed by atoms with Crippen molar-refractivity contribution in [2.75, 3.05) is 0 Å². The van der Waals surface area contributed by atoms with E-state index < -0.39 is 0 Å². The lowest BCUT2D eigenvalue weighted by atomic mass is 10.0. The first-order valence-corrected chi connectivity index (χ1v) is 7.35. The second-order valence-electron chi connectivity index (χ2n) is 5.65. The molecule has 0 spiro atoms. The van der Waals surface area contributed by atoms with E-state index in [1.165, 1.54) is 41.5 Å². The summed E-state index contributed by atoms with van der Waals surface area (Å²) < 4.78 is 0. The van der Waals surface area contributed by atoms with Crippen LogP contribution in [0.4, 0.5) is 0 Å². The van der Waals surface area contributed by atoms with Crippen LogP contribution < -0.4 is 5.32 Å². The molecule has 1 aliphatic rings. The molecule has 1 aliphatic carbocycles. The van der Waals surface area contributed by atoms with Crippen LogP contribution in [0.5, 0.6) is 5.75 Å². The van der Waals surface area contributed by atoms with Gasteiger partial charge in [0, 0.05) is 12.6 Å². The molecule has 2 heteroatoms. The highest BCUT2D eigenvalue weighted by Gasteiger charge is 2.13. The third-order valence-electron chi connectivity index (χ3n) is 4.17. The molecule has 2 aromatic carbocycles. The lowest BCUT2D eigenvalue weighted by Gasteiger charge is -2.15. The Morgan fingerprint density at radius 3 is 2.60 bits per heavy atom. The summed E-state index contributed by atoms with van der Waals surface area (Å²) in [5.41, 5.74) is 5.61. The Bertz CT molecular complexity index is 589.